The smallest absolute Gasteiger partial charge is 0.235 e. The van der Waals surface area contributed by atoms with Crippen LogP contribution >= 0.6 is 8.03 Å². The number of hydrogen-bond acceptors (Lipinski definition) is 4. The number of hydrogen-bond donors (Lipinski definition) is 0. The Bertz CT molecular complexity index is 146. The fourth-order valence-corrected chi connectivity index (χ4v) is 0.835. The molecule has 0 aromatic rings. The summed E-state index contributed by atoms with van der Waals surface area (Å²) in [6.45, 7) is 5.40. The van der Waals surface area contributed by atoms with Crippen molar-refractivity contribution in [2.75, 3.05) is 13.3 Å². The van der Waals surface area contributed by atoms with Gasteiger partial charge in [-0.1, -0.05) is 5.16 Å². The van der Waals surface area contributed by atoms with Gasteiger partial charge in [0.1, 0.15) is 6.61 Å². The first kappa shape index (κ1) is 9.50. The molecule has 0 aromatic carbocycles. The molecule has 1 atom stereocenters. The first-order valence-corrected chi connectivity index (χ1v) is 4.83. The molecule has 0 saturated heterocycles. The van der Waals surface area contributed by atoms with E-state index in [1.165, 1.54) is 6.66 Å². The van der Waals surface area contributed by atoms with Crippen molar-refractivity contribution in [2.24, 2.45) is 5.16 Å². The Morgan fingerprint density at radius 2 is 2.30 bits per heavy atom. The molecule has 4 nitrogen and oxygen atoms in total. The highest BCUT2D eigenvalue weighted by Gasteiger charge is 1.92. The zero-order valence-electron chi connectivity index (χ0n) is 6.38. The standard InChI is InChI=1S/C5H12NO3P/c1-4-8-6-5(2)9-10(3)7/h10H,4H2,1-3H3. The Hall–Kier alpha value is -0.500. The summed E-state index contributed by atoms with van der Waals surface area (Å²) in [5.41, 5.74) is 0. The summed E-state index contributed by atoms with van der Waals surface area (Å²) in [6, 6.07) is 0. The molecule has 1 unspecified atom stereocenters. The Balaban J connectivity index is 3.59. The van der Waals surface area contributed by atoms with Crippen molar-refractivity contribution in [3.05, 3.63) is 0 Å². The van der Waals surface area contributed by atoms with Gasteiger partial charge in [0.05, 0.1) is 0 Å². The van der Waals surface area contributed by atoms with Gasteiger partial charge in [-0.05, 0) is 6.92 Å². The second-order valence-corrected chi connectivity index (χ2v) is 2.81. The Morgan fingerprint density at radius 3 is 2.70 bits per heavy atom. The van der Waals surface area contributed by atoms with Crippen molar-refractivity contribution < 1.29 is 13.9 Å². The molecule has 0 rings (SSSR count). The number of rotatable bonds is 3. The Kier molecular flexibility index (Phi) is 5.03. The predicted molar refractivity (Wildman–Crippen MR) is 40.7 cm³/mol. The van der Waals surface area contributed by atoms with Crippen LogP contribution in [0.25, 0.3) is 0 Å². The molecule has 0 N–H and O–H groups in total. The van der Waals surface area contributed by atoms with Crippen LogP contribution in [0.1, 0.15) is 13.8 Å². The van der Waals surface area contributed by atoms with Crippen LogP contribution in [0.15, 0.2) is 5.16 Å². The van der Waals surface area contributed by atoms with Crippen molar-refractivity contribution in [2.45, 2.75) is 13.8 Å². The highest BCUT2D eigenvalue weighted by molar-refractivity contribution is 7.38. The van der Waals surface area contributed by atoms with Gasteiger partial charge in [0.15, 0.2) is 0 Å². The lowest BCUT2D eigenvalue weighted by atomic mass is 10.8. The van der Waals surface area contributed by atoms with Crippen LogP contribution < -0.4 is 0 Å². The summed E-state index contributed by atoms with van der Waals surface area (Å²) in [6.07, 6.45) is 0. The third-order valence-electron chi connectivity index (χ3n) is 0.614. The topological polar surface area (TPSA) is 47.9 Å². The van der Waals surface area contributed by atoms with Gasteiger partial charge < -0.3 is 9.36 Å². The van der Waals surface area contributed by atoms with E-state index in [0.29, 0.717) is 12.5 Å². The van der Waals surface area contributed by atoms with E-state index in [9.17, 15) is 4.57 Å². The number of nitrogens with zero attached hydrogens (tertiary/aromatic N) is 1. The molecule has 0 heterocycles. The van der Waals surface area contributed by atoms with E-state index in [1.807, 2.05) is 6.92 Å². The SMILES string of the molecule is CCON=C(C)O[PH](C)=O. The molecule has 5 heteroatoms. The zero-order chi connectivity index (χ0) is 7.98. The maximum absolute atomic E-state index is 10.4. The Morgan fingerprint density at radius 1 is 1.70 bits per heavy atom. The molecule has 0 aliphatic rings. The average molecular weight is 165 g/mol. The molecule has 0 spiro atoms. The van der Waals surface area contributed by atoms with Gasteiger partial charge in [0.25, 0.3) is 0 Å². The van der Waals surface area contributed by atoms with Crippen molar-refractivity contribution >= 4 is 13.9 Å². The van der Waals surface area contributed by atoms with E-state index in [0.717, 1.165) is 0 Å². The van der Waals surface area contributed by atoms with E-state index in [2.05, 4.69) is 9.99 Å². The molecular weight excluding hydrogens is 153 g/mol. The van der Waals surface area contributed by atoms with Gasteiger partial charge >= 0.3 is 0 Å². The van der Waals surface area contributed by atoms with Crippen LogP contribution in [-0.2, 0) is 13.9 Å². The molecule has 0 aromatic heterocycles. The summed E-state index contributed by atoms with van der Waals surface area (Å²) in [4.78, 5) is 4.64. The molecule has 10 heavy (non-hydrogen) atoms. The van der Waals surface area contributed by atoms with Crippen molar-refractivity contribution in [3.63, 3.8) is 0 Å². The van der Waals surface area contributed by atoms with Gasteiger partial charge in [-0.25, -0.2) is 0 Å². The van der Waals surface area contributed by atoms with Crippen LogP contribution in [-0.4, -0.2) is 19.2 Å². The highest BCUT2D eigenvalue weighted by Crippen LogP contribution is 2.15. The summed E-state index contributed by atoms with van der Waals surface area (Å²) >= 11 is 0. The lowest BCUT2D eigenvalue weighted by Gasteiger charge is -1.99. The first-order valence-electron chi connectivity index (χ1n) is 3.01. The van der Waals surface area contributed by atoms with Crippen molar-refractivity contribution in [1.82, 2.24) is 0 Å². The van der Waals surface area contributed by atoms with Crippen molar-refractivity contribution in [1.29, 1.82) is 0 Å². The lowest BCUT2D eigenvalue weighted by molar-refractivity contribution is 0.153. The second kappa shape index (κ2) is 5.30. The molecule has 0 fully saturated rings. The maximum Gasteiger partial charge on any atom is 0.235 e. The van der Waals surface area contributed by atoms with Gasteiger partial charge in [-0.15, -0.1) is 0 Å². The monoisotopic (exact) mass is 165 g/mol. The lowest BCUT2D eigenvalue weighted by Crippen LogP contribution is -1.93. The minimum absolute atomic E-state index is 0.313. The van der Waals surface area contributed by atoms with E-state index in [-0.39, 0.29) is 0 Å². The van der Waals surface area contributed by atoms with E-state index in [1.54, 1.807) is 6.92 Å². The first-order chi connectivity index (χ1) is 4.66. The molecule has 0 aliphatic carbocycles. The van der Waals surface area contributed by atoms with Crippen LogP contribution in [0.4, 0.5) is 0 Å². The largest absolute Gasteiger partial charge is 0.428 e. The summed E-state index contributed by atoms with van der Waals surface area (Å²) in [5, 5.41) is 3.50. The molecular formula is C5H12NO3P. The second-order valence-electron chi connectivity index (χ2n) is 1.62. The van der Waals surface area contributed by atoms with Crippen LogP contribution in [0.3, 0.4) is 0 Å². The van der Waals surface area contributed by atoms with Gasteiger partial charge in [-0.2, -0.15) is 0 Å². The fraction of sp³-hybridized carbons (Fsp3) is 0.800. The molecule has 0 saturated carbocycles. The summed E-state index contributed by atoms with van der Waals surface area (Å²) in [7, 11) is -1.92. The van der Waals surface area contributed by atoms with Gasteiger partial charge in [-0.3, -0.25) is 4.57 Å². The quantitative estimate of drug-likeness (QED) is 0.275. The van der Waals surface area contributed by atoms with E-state index < -0.39 is 8.03 Å². The van der Waals surface area contributed by atoms with Crippen molar-refractivity contribution in [3.8, 4) is 0 Å². The zero-order valence-corrected chi connectivity index (χ0v) is 7.38. The summed E-state index contributed by atoms with van der Waals surface area (Å²) < 4.78 is 15.2. The average Bonchev–Trinajstić information content (AvgIpc) is 1.82. The fourth-order valence-electron chi connectivity index (χ4n) is 0.382. The highest BCUT2D eigenvalue weighted by atomic mass is 31.1. The normalized spacial score (nSPS) is 14.5. The predicted octanol–water partition coefficient (Wildman–Crippen LogP) is 1.48. The van der Waals surface area contributed by atoms with E-state index >= 15 is 0 Å². The minimum Gasteiger partial charge on any atom is -0.428 e. The maximum atomic E-state index is 10.4. The third-order valence-corrected chi connectivity index (χ3v) is 1.20. The Labute approximate surface area is 61.1 Å². The minimum atomic E-state index is -1.92. The molecule has 60 valence electrons. The third kappa shape index (κ3) is 5.63. The van der Waals surface area contributed by atoms with Gasteiger partial charge in [0.2, 0.25) is 13.9 Å². The van der Waals surface area contributed by atoms with Crippen LogP contribution in [0.2, 0.25) is 0 Å². The molecule has 0 amide bonds. The van der Waals surface area contributed by atoms with Crippen LogP contribution in [0, 0.1) is 0 Å². The molecule has 0 radical (unpaired) electrons. The van der Waals surface area contributed by atoms with E-state index in [4.69, 9.17) is 4.52 Å². The van der Waals surface area contributed by atoms with Gasteiger partial charge in [0, 0.05) is 13.6 Å². The molecule has 0 bridgehead atoms. The molecule has 0 aliphatic heterocycles. The van der Waals surface area contributed by atoms with Crippen LogP contribution in [0.5, 0.6) is 0 Å². The summed E-state index contributed by atoms with van der Waals surface area (Å²) in [5.74, 6) is 0.313. The number of oxime groups is 1.